The van der Waals surface area contributed by atoms with Crippen LogP contribution in [0.5, 0.6) is 0 Å². The van der Waals surface area contributed by atoms with Gasteiger partial charge in [0.25, 0.3) is 0 Å². The molecule has 2 aromatic carbocycles. The van der Waals surface area contributed by atoms with Crippen LogP contribution in [0.1, 0.15) is 134 Å². The SMILES string of the molecule is CCCCCCCCNC(=O)NC(Cc1c[nH]c2ccccc12)C(=O)NC(CC(N)=O)C(=O)NC(CC(=O)O)C(=O)NC1C(=O)NCC(=O)NC(CCCN)C(=O)NC(CC(=O)O)C(=O)NC(C)C(=O)NC(CC(=O)O)C(=O)NCC(=O)NC(CO)C(=O)NC(C(C)CC(=O)O)C(=O)NC(CC(=O)c2ccccc2N)C(=O)OC1C. The second kappa shape index (κ2) is 47.5. The number of aliphatic hydroxyl groups excluding tert-OH is 1. The number of carboxylic acid groups (broad SMARTS) is 4. The molecule has 115 heavy (non-hydrogen) atoms. The number of hydrogen-bond acceptors (Lipinski definition) is 24. The first-order valence-corrected chi connectivity index (χ1v) is 36.6. The number of aliphatic carboxylic acids is 4. The number of primary amides is 1. The number of benzene rings is 2. The van der Waals surface area contributed by atoms with Crippen molar-refractivity contribution in [2.75, 3.05) is 38.5 Å². The molecule has 1 aliphatic rings. The zero-order valence-corrected chi connectivity index (χ0v) is 63.4. The number of amides is 15. The lowest BCUT2D eigenvalue weighted by Crippen LogP contribution is -2.62. The highest BCUT2D eigenvalue weighted by Gasteiger charge is 2.41. The van der Waals surface area contributed by atoms with E-state index in [-0.39, 0.29) is 37.2 Å². The molecule has 0 spiro atoms. The maximum Gasteiger partial charge on any atom is 0.329 e. The standard InChI is InChI=1S/C71H100N18O26/c1-5-6-7-8-9-14-22-75-71(114)87-43(24-37-30-76-41-19-13-11-16-38(37)41)64(107)83-44(26-51(74)92)65(108)85-47(29-57(101)102)66(109)89-59-36(4)115-70(113)48(25-50(91)39-17-10-12-18-40(39)73)86-69(112)58(34(2)23-54(95)96)88-67(110)49(33-90)81-53(94)31-77-61(104)45(27-55(97)98)82-60(103)35(3)79-63(106)46(28-56(99)100)84-62(105)42(20-15-21-72)80-52(93)32-78-68(59)111/h10-13,16-19,30,34-36,42-49,58-59,76,90H,5-9,14-15,20-29,31-33,72-73H2,1-4H3,(H2,74,92)(H,77,104)(H,78,111)(H,79,106)(H,80,93)(H,81,94)(H,82,103)(H,83,107)(H,84,105)(H,85,108)(H,86,112)(H,88,110)(H,89,109)(H,95,96)(H,97,98)(H,99,100)(H,101,102)(H2,75,87,114). The van der Waals surface area contributed by atoms with Gasteiger partial charge in [0.15, 0.2) is 5.78 Å². The lowest BCUT2D eigenvalue weighted by molar-refractivity contribution is -0.156. The monoisotopic (exact) mass is 1620 g/mol. The highest BCUT2D eigenvalue weighted by Crippen LogP contribution is 2.21. The van der Waals surface area contributed by atoms with Crippen molar-refractivity contribution in [1.82, 2.24) is 79.4 Å². The van der Waals surface area contributed by atoms with E-state index >= 15 is 0 Å². The van der Waals surface area contributed by atoms with Crippen molar-refractivity contribution in [3.8, 4) is 0 Å². The number of Topliss-reactive ketones (excluding diaryl/α,β-unsaturated/α-hetero) is 1. The third kappa shape index (κ3) is 32.4. The Labute approximate surface area is 656 Å². The average Bonchev–Trinajstić information content (AvgIpc) is 1.72. The van der Waals surface area contributed by atoms with Crippen molar-refractivity contribution in [1.29, 1.82) is 0 Å². The number of carbonyl (C=O) groups excluding carboxylic acids is 16. The number of anilines is 1. The molecule has 1 saturated heterocycles. The van der Waals surface area contributed by atoms with Gasteiger partial charge in [-0.2, -0.15) is 0 Å². The number of H-pyrrole nitrogens is 1. The van der Waals surface area contributed by atoms with Gasteiger partial charge in [-0.15, -0.1) is 0 Å². The first kappa shape index (κ1) is 94.5. The summed E-state index contributed by atoms with van der Waals surface area (Å²) in [4.78, 5) is 276. The number of carboxylic acids is 4. The number of hydrogen-bond donors (Lipinski definition) is 23. The Balaban J connectivity index is 1.87. The van der Waals surface area contributed by atoms with Crippen molar-refractivity contribution in [3.05, 3.63) is 65.9 Å². The summed E-state index contributed by atoms with van der Waals surface area (Å²) in [7, 11) is 0. The minimum absolute atomic E-state index is 0.0958. The maximum atomic E-state index is 14.8. The highest BCUT2D eigenvalue weighted by molar-refractivity contribution is 6.05. The number of aromatic nitrogens is 1. The Kier molecular flexibility index (Phi) is 39.0. The van der Waals surface area contributed by atoms with E-state index in [1.54, 1.807) is 30.5 Å². The summed E-state index contributed by atoms with van der Waals surface area (Å²) in [5, 5.41) is 81.1. The molecule has 1 aromatic heterocycles. The third-order valence-electron chi connectivity index (χ3n) is 17.6. The molecule has 1 aliphatic heterocycles. The largest absolute Gasteiger partial charge is 0.481 e. The van der Waals surface area contributed by atoms with Gasteiger partial charge < -0.3 is 127 Å². The minimum atomic E-state index is -2.45. The molecule has 44 nitrogen and oxygen atoms in total. The predicted molar refractivity (Wildman–Crippen MR) is 399 cm³/mol. The van der Waals surface area contributed by atoms with E-state index in [1.807, 2.05) is 16.0 Å². The number of ketones is 1. The molecule has 1 fully saturated rings. The summed E-state index contributed by atoms with van der Waals surface area (Å²) >= 11 is 0. The molecule has 26 N–H and O–H groups in total. The minimum Gasteiger partial charge on any atom is -0.481 e. The predicted octanol–water partition coefficient (Wildman–Crippen LogP) is -6.22. The Hall–Kier alpha value is -12.9. The van der Waals surface area contributed by atoms with Crippen LogP contribution in [-0.4, -0.2) is 254 Å². The van der Waals surface area contributed by atoms with Crippen molar-refractivity contribution in [3.63, 3.8) is 0 Å². The number of carbonyl (C=O) groups is 20. The van der Waals surface area contributed by atoms with Gasteiger partial charge in [0.1, 0.15) is 72.6 Å². The number of nitrogen functional groups attached to an aromatic ring is 1. The highest BCUT2D eigenvalue weighted by atomic mass is 16.5. The quantitative estimate of drug-likeness (QED) is 0.0114. The number of cyclic esters (lactones) is 1. The van der Waals surface area contributed by atoms with Gasteiger partial charge in [-0.1, -0.05) is 76.3 Å². The summed E-state index contributed by atoms with van der Waals surface area (Å²) in [6.07, 6.45) is -3.14. The molecule has 0 radical (unpaired) electrons. The number of fused-ring (bicyclic) bond motifs is 1. The van der Waals surface area contributed by atoms with E-state index in [0.29, 0.717) is 22.9 Å². The Bertz CT molecular complexity index is 4040. The summed E-state index contributed by atoms with van der Waals surface area (Å²) in [6, 6.07) is -11.5. The van der Waals surface area contributed by atoms with Gasteiger partial charge in [-0.3, -0.25) is 86.3 Å². The molecule has 4 rings (SSSR count). The Morgan fingerprint density at radius 3 is 1.71 bits per heavy atom. The van der Waals surface area contributed by atoms with Gasteiger partial charge >= 0.3 is 35.9 Å². The van der Waals surface area contributed by atoms with Crippen molar-refractivity contribution in [2.45, 2.75) is 197 Å². The molecular weight excluding hydrogens is 1520 g/mol. The molecule has 630 valence electrons. The summed E-state index contributed by atoms with van der Waals surface area (Å²) < 4.78 is 5.68. The zero-order chi connectivity index (χ0) is 85.8. The van der Waals surface area contributed by atoms with Crippen LogP contribution in [0.2, 0.25) is 0 Å². The number of aliphatic hydroxyl groups is 1. The molecule has 44 heteroatoms. The van der Waals surface area contributed by atoms with Crippen LogP contribution >= 0.6 is 0 Å². The molecule has 0 bridgehead atoms. The number of nitrogens with one attached hydrogen (secondary N) is 15. The van der Waals surface area contributed by atoms with E-state index in [4.69, 9.17) is 21.9 Å². The van der Waals surface area contributed by atoms with Gasteiger partial charge in [-0.25, -0.2) is 9.59 Å². The van der Waals surface area contributed by atoms with Crippen molar-refractivity contribution < 1.29 is 126 Å². The molecule has 0 aliphatic carbocycles. The normalized spacial score (nSPS) is 21.1. The number of aromatic amines is 1. The zero-order valence-electron chi connectivity index (χ0n) is 63.4. The molecule has 13 atom stereocenters. The van der Waals surface area contributed by atoms with E-state index < -0.39 is 262 Å². The van der Waals surface area contributed by atoms with Gasteiger partial charge in [0.2, 0.25) is 76.8 Å². The smallest absolute Gasteiger partial charge is 0.329 e. The Morgan fingerprint density at radius 1 is 0.557 bits per heavy atom. The lowest BCUT2D eigenvalue weighted by Gasteiger charge is -2.30. The summed E-state index contributed by atoms with van der Waals surface area (Å²) in [5.74, 6) is -29.3. The van der Waals surface area contributed by atoms with Gasteiger partial charge in [0.05, 0.1) is 51.8 Å². The fourth-order valence-electron chi connectivity index (χ4n) is 11.5. The third-order valence-corrected chi connectivity index (χ3v) is 17.6. The van der Waals surface area contributed by atoms with Crippen LogP contribution in [0, 0.1) is 5.92 Å². The van der Waals surface area contributed by atoms with Gasteiger partial charge in [0, 0.05) is 47.7 Å². The molecule has 0 saturated carbocycles. The second-order valence-electron chi connectivity index (χ2n) is 27.0. The fourth-order valence-corrected chi connectivity index (χ4v) is 11.5. The molecular formula is C71H100N18O26. The van der Waals surface area contributed by atoms with Crippen LogP contribution < -0.4 is 91.6 Å². The second-order valence-corrected chi connectivity index (χ2v) is 27.0. The van der Waals surface area contributed by atoms with E-state index in [9.17, 15) is 121 Å². The summed E-state index contributed by atoms with van der Waals surface area (Å²) in [6.45, 7) is 1.28. The van der Waals surface area contributed by atoms with Crippen molar-refractivity contribution >= 4 is 135 Å². The maximum absolute atomic E-state index is 14.8. The number of esters is 1. The molecule has 15 amide bonds. The molecule has 13 unspecified atom stereocenters. The number of para-hydroxylation sites is 2. The number of unbranched alkanes of at least 4 members (excludes halogenated alkanes) is 5. The Morgan fingerprint density at radius 2 is 1.10 bits per heavy atom. The number of urea groups is 1. The lowest BCUT2D eigenvalue weighted by atomic mass is 9.96. The first-order valence-electron chi connectivity index (χ1n) is 36.6. The van der Waals surface area contributed by atoms with Crippen LogP contribution in [0.3, 0.4) is 0 Å². The average molecular weight is 1620 g/mol. The van der Waals surface area contributed by atoms with Crippen molar-refractivity contribution in [2.24, 2.45) is 17.4 Å². The number of rotatable bonds is 34. The van der Waals surface area contributed by atoms with E-state index in [0.717, 1.165) is 52.9 Å². The number of ether oxygens (including phenoxy) is 1. The summed E-state index contributed by atoms with van der Waals surface area (Å²) in [5.41, 5.74) is 18.0. The van der Waals surface area contributed by atoms with Crippen LogP contribution in [0.4, 0.5) is 10.5 Å². The van der Waals surface area contributed by atoms with Crippen LogP contribution in [0.15, 0.2) is 54.7 Å². The van der Waals surface area contributed by atoms with E-state index in [2.05, 4.69) is 70.4 Å². The molecule has 2 heterocycles. The first-order chi connectivity index (χ1) is 54.4. The van der Waals surface area contributed by atoms with E-state index in [1.165, 1.54) is 24.3 Å². The molecule has 3 aromatic rings. The van der Waals surface area contributed by atoms with Crippen LogP contribution in [0.25, 0.3) is 10.9 Å². The van der Waals surface area contributed by atoms with Crippen LogP contribution in [-0.2, 0) is 97.5 Å². The van der Waals surface area contributed by atoms with Gasteiger partial charge in [-0.05, 0) is 69.3 Å². The number of nitrogens with two attached hydrogens (primary N) is 3. The fraction of sp³-hybridized carbons (Fsp3) is 0.521. The topological polar surface area (TPSA) is 714 Å².